The molecule has 0 bridgehead atoms. The van der Waals surface area contributed by atoms with Gasteiger partial charge in [-0.05, 0) is 35.9 Å². The Morgan fingerprint density at radius 2 is 1.70 bits per heavy atom. The van der Waals surface area contributed by atoms with Crippen molar-refractivity contribution in [3.63, 3.8) is 0 Å². The summed E-state index contributed by atoms with van der Waals surface area (Å²) in [6, 6.07) is 10.4. The Balaban J connectivity index is 2.42. The second kappa shape index (κ2) is 6.59. The number of ether oxygens (including phenoxy) is 2. The van der Waals surface area contributed by atoms with Gasteiger partial charge in [-0.25, -0.2) is 4.39 Å². The van der Waals surface area contributed by atoms with Crippen LogP contribution < -0.4 is 9.47 Å². The van der Waals surface area contributed by atoms with Gasteiger partial charge < -0.3 is 9.47 Å². The third-order valence-corrected chi connectivity index (χ3v) is 4.45. The second-order valence-corrected chi connectivity index (χ2v) is 5.97. The maximum Gasteiger partial charge on any atom is 0.161 e. The summed E-state index contributed by atoms with van der Waals surface area (Å²) in [7, 11) is 3.15. The van der Waals surface area contributed by atoms with Gasteiger partial charge in [-0.1, -0.05) is 37.9 Å². The smallest absolute Gasteiger partial charge is 0.161 e. The molecule has 20 heavy (non-hydrogen) atoms. The predicted molar refractivity (Wildman–Crippen MR) is 84.4 cm³/mol. The first kappa shape index (κ1) is 15.3. The molecule has 0 aromatic heterocycles. The fourth-order valence-electron chi connectivity index (χ4n) is 1.90. The van der Waals surface area contributed by atoms with E-state index in [0.717, 1.165) is 10.0 Å². The van der Waals surface area contributed by atoms with E-state index in [1.807, 2.05) is 12.1 Å². The zero-order valence-electron chi connectivity index (χ0n) is 11.0. The van der Waals surface area contributed by atoms with E-state index in [9.17, 15) is 4.39 Å². The summed E-state index contributed by atoms with van der Waals surface area (Å²) in [5, 5.41) is 0. The number of benzene rings is 2. The fraction of sp³-hybridized carbons (Fsp3) is 0.200. The largest absolute Gasteiger partial charge is 0.493 e. The summed E-state index contributed by atoms with van der Waals surface area (Å²) in [6.07, 6.45) is 0. The van der Waals surface area contributed by atoms with Crippen LogP contribution in [0.1, 0.15) is 16.0 Å². The zero-order valence-corrected chi connectivity index (χ0v) is 14.2. The number of rotatable bonds is 4. The van der Waals surface area contributed by atoms with Crippen LogP contribution in [0.15, 0.2) is 40.9 Å². The summed E-state index contributed by atoms with van der Waals surface area (Å²) in [5.41, 5.74) is 1.45. The van der Waals surface area contributed by atoms with Crippen LogP contribution in [0.4, 0.5) is 4.39 Å². The van der Waals surface area contributed by atoms with Crippen molar-refractivity contribution in [2.24, 2.45) is 0 Å². The molecule has 1 atom stereocenters. The molecule has 0 aliphatic rings. The van der Waals surface area contributed by atoms with Crippen LogP contribution in [-0.4, -0.2) is 14.2 Å². The summed E-state index contributed by atoms with van der Waals surface area (Å²) >= 11 is 6.89. The third kappa shape index (κ3) is 3.15. The van der Waals surface area contributed by atoms with Crippen molar-refractivity contribution in [1.29, 1.82) is 0 Å². The molecule has 2 aromatic carbocycles. The Hall–Kier alpha value is -1.07. The molecule has 0 spiro atoms. The molecule has 0 amide bonds. The molecule has 0 aliphatic carbocycles. The monoisotopic (exact) mass is 402 g/mol. The van der Waals surface area contributed by atoms with E-state index in [-0.39, 0.29) is 10.6 Å². The summed E-state index contributed by atoms with van der Waals surface area (Å²) in [5.74, 6) is 1.00. The van der Waals surface area contributed by atoms with Crippen LogP contribution >= 0.6 is 31.9 Å². The topological polar surface area (TPSA) is 18.5 Å². The quantitative estimate of drug-likeness (QED) is 0.662. The van der Waals surface area contributed by atoms with Gasteiger partial charge in [-0.3, -0.25) is 0 Å². The first-order chi connectivity index (χ1) is 9.56. The number of methoxy groups -OCH3 is 2. The lowest BCUT2D eigenvalue weighted by Gasteiger charge is -2.15. The maximum atomic E-state index is 13.9. The van der Waals surface area contributed by atoms with Gasteiger partial charge in [-0.15, -0.1) is 0 Å². The molecule has 1 unspecified atom stereocenters. The van der Waals surface area contributed by atoms with Gasteiger partial charge in [0.25, 0.3) is 0 Å². The lowest BCUT2D eigenvalue weighted by molar-refractivity contribution is 0.354. The van der Waals surface area contributed by atoms with Gasteiger partial charge in [0.2, 0.25) is 0 Å². The van der Waals surface area contributed by atoms with Gasteiger partial charge in [0, 0.05) is 10.0 Å². The number of halogens is 3. The molecule has 2 rings (SSSR count). The Labute approximate surface area is 134 Å². The number of hydrogen-bond acceptors (Lipinski definition) is 2. The highest BCUT2D eigenvalue weighted by Crippen LogP contribution is 2.38. The third-order valence-electron chi connectivity index (χ3n) is 2.93. The van der Waals surface area contributed by atoms with Crippen LogP contribution in [-0.2, 0) is 0 Å². The predicted octanol–water partition coefficient (Wildman–Crippen LogP) is 5.09. The minimum atomic E-state index is -0.264. The SMILES string of the molecule is COc1ccc(C(Br)c2cc(Br)ccc2F)cc1OC. The fourth-order valence-corrected chi connectivity index (χ4v) is 2.91. The van der Waals surface area contributed by atoms with Crippen LogP contribution in [0.2, 0.25) is 0 Å². The average molecular weight is 404 g/mol. The highest BCUT2D eigenvalue weighted by molar-refractivity contribution is 9.10. The van der Waals surface area contributed by atoms with Gasteiger partial charge in [-0.2, -0.15) is 0 Å². The molecule has 0 N–H and O–H groups in total. The minimum absolute atomic E-state index is 0.259. The van der Waals surface area contributed by atoms with Crippen molar-refractivity contribution in [3.05, 3.63) is 57.8 Å². The van der Waals surface area contributed by atoms with Crippen molar-refractivity contribution in [1.82, 2.24) is 0 Å². The average Bonchev–Trinajstić information content (AvgIpc) is 2.48. The highest BCUT2D eigenvalue weighted by Gasteiger charge is 2.17. The normalized spacial score (nSPS) is 12.1. The van der Waals surface area contributed by atoms with Gasteiger partial charge in [0.1, 0.15) is 5.82 Å². The molecular weight excluding hydrogens is 391 g/mol. The van der Waals surface area contributed by atoms with Crippen molar-refractivity contribution in [2.45, 2.75) is 4.83 Å². The Morgan fingerprint density at radius 3 is 2.35 bits per heavy atom. The van der Waals surface area contributed by atoms with Crippen molar-refractivity contribution >= 4 is 31.9 Å². The van der Waals surface area contributed by atoms with E-state index in [0.29, 0.717) is 17.1 Å². The molecule has 0 heterocycles. The van der Waals surface area contributed by atoms with Crippen molar-refractivity contribution in [3.8, 4) is 11.5 Å². The molecule has 0 radical (unpaired) electrons. The molecule has 0 fully saturated rings. The Bertz CT molecular complexity index is 617. The number of hydrogen-bond donors (Lipinski definition) is 0. The van der Waals surface area contributed by atoms with Gasteiger partial charge >= 0.3 is 0 Å². The van der Waals surface area contributed by atoms with Crippen molar-refractivity contribution < 1.29 is 13.9 Å². The standard InChI is InChI=1S/C15H13Br2FO2/c1-19-13-6-3-9(7-14(13)20-2)15(17)11-8-10(16)4-5-12(11)18/h3-8,15H,1-2H3. The molecule has 0 saturated heterocycles. The number of alkyl halides is 1. The van der Waals surface area contributed by atoms with Crippen LogP contribution in [0.5, 0.6) is 11.5 Å². The van der Waals surface area contributed by atoms with Crippen LogP contribution in [0.25, 0.3) is 0 Å². The maximum absolute atomic E-state index is 13.9. The zero-order chi connectivity index (χ0) is 14.7. The highest BCUT2D eigenvalue weighted by atomic mass is 79.9. The lowest BCUT2D eigenvalue weighted by Crippen LogP contribution is -1.98. The van der Waals surface area contributed by atoms with E-state index >= 15 is 0 Å². The molecule has 5 heteroatoms. The van der Waals surface area contributed by atoms with E-state index < -0.39 is 0 Å². The second-order valence-electron chi connectivity index (χ2n) is 4.14. The molecule has 2 aromatic rings. The summed E-state index contributed by atoms with van der Waals surface area (Å²) < 4.78 is 25.2. The Morgan fingerprint density at radius 1 is 1.00 bits per heavy atom. The summed E-state index contributed by atoms with van der Waals surface area (Å²) in [4.78, 5) is -0.264. The lowest BCUT2D eigenvalue weighted by atomic mass is 10.0. The minimum Gasteiger partial charge on any atom is -0.493 e. The van der Waals surface area contributed by atoms with E-state index in [1.54, 1.807) is 32.4 Å². The van der Waals surface area contributed by atoms with Gasteiger partial charge in [0.05, 0.1) is 19.0 Å². The molecule has 106 valence electrons. The molecule has 0 saturated carbocycles. The van der Waals surface area contributed by atoms with Crippen LogP contribution in [0, 0.1) is 5.82 Å². The molecular formula is C15H13Br2FO2. The van der Waals surface area contributed by atoms with Crippen LogP contribution in [0.3, 0.4) is 0 Å². The van der Waals surface area contributed by atoms with E-state index in [2.05, 4.69) is 31.9 Å². The summed E-state index contributed by atoms with van der Waals surface area (Å²) in [6.45, 7) is 0. The first-order valence-corrected chi connectivity index (χ1v) is 7.58. The molecule has 2 nitrogen and oxygen atoms in total. The van der Waals surface area contributed by atoms with Crippen molar-refractivity contribution in [2.75, 3.05) is 14.2 Å². The van der Waals surface area contributed by atoms with E-state index in [1.165, 1.54) is 6.07 Å². The van der Waals surface area contributed by atoms with E-state index in [4.69, 9.17) is 9.47 Å². The first-order valence-electron chi connectivity index (χ1n) is 5.87. The Kier molecular flexibility index (Phi) is 5.05. The molecule has 0 aliphatic heterocycles. The van der Waals surface area contributed by atoms with Gasteiger partial charge in [0.15, 0.2) is 11.5 Å².